The summed E-state index contributed by atoms with van der Waals surface area (Å²) in [7, 11) is -5.92. The highest BCUT2D eigenvalue weighted by Crippen LogP contribution is 2.62. The predicted molar refractivity (Wildman–Crippen MR) is 249 cm³/mol. The molecular formula is C53H52O2P2. The first-order valence-corrected chi connectivity index (χ1v) is 23.2. The van der Waals surface area contributed by atoms with Crippen LogP contribution in [0.3, 0.4) is 0 Å². The second-order valence-electron chi connectivity index (χ2n) is 14.6. The van der Waals surface area contributed by atoms with E-state index in [1.54, 1.807) is 18.2 Å². The van der Waals surface area contributed by atoms with E-state index in [1.165, 1.54) is 27.8 Å². The highest BCUT2D eigenvalue weighted by Gasteiger charge is 2.51. The lowest BCUT2D eigenvalue weighted by Crippen LogP contribution is -2.27. The van der Waals surface area contributed by atoms with Gasteiger partial charge in [0.05, 0.1) is 5.41 Å². The van der Waals surface area contributed by atoms with E-state index in [-0.39, 0.29) is 5.66 Å². The predicted octanol–water partition coefficient (Wildman–Crippen LogP) is 13.9. The topological polar surface area (TPSA) is 34.1 Å². The largest absolute Gasteiger partial charge is 0.314 e. The van der Waals surface area contributed by atoms with Gasteiger partial charge in [-0.25, -0.2) is 0 Å². The Labute approximate surface area is 340 Å². The van der Waals surface area contributed by atoms with Crippen LogP contribution in [0.2, 0.25) is 0 Å². The molecule has 4 aromatic carbocycles. The van der Waals surface area contributed by atoms with Crippen LogP contribution in [0.1, 0.15) is 56.4 Å². The number of benzene rings is 4. The molecule has 0 N–H and O–H groups in total. The lowest BCUT2D eigenvalue weighted by Gasteiger charge is -2.32. The normalized spacial score (nSPS) is 19.2. The Kier molecular flexibility index (Phi) is 12.8. The second kappa shape index (κ2) is 17.8. The van der Waals surface area contributed by atoms with Crippen LogP contribution < -0.4 is 10.6 Å². The maximum Gasteiger partial charge on any atom is 0.145 e. The molecular weight excluding hydrogens is 731 g/mol. The van der Waals surface area contributed by atoms with Crippen LogP contribution in [0, 0.1) is 0 Å². The lowest BCUT2D eigenvalue weighted by atomic mass is 9.69. The van der Waals surface area contributed by atoms with Crippen LogP contribution in [0.5, 0.6) is 0 Å². The number of allylic oxidation sites excluding steroid dienone is 16. The molecule has 4 heteroatoms. The highest BCUT2D eigenvalue weighted by molar-refractivity contribution is 7.76. The standard InChI is InChI=1S/C53H52O2P2/c1-8-11-12-15-27-41(5)57(55,45-31-18-14-19-32-45)42(6)28-24-35-46-43(7)53(51-37-22-20-33-47(46)51)50(10-3)48(49-34-21-23-38-52(49)53)36-25-39-56(54,40(4)26-9-2)44-29-16-13-17-30-44/h8-11,13-34,36-38,42H,1-3,35,39H2,4-7H3/b28-24-,36-25-,40-26+,41-27+. The van der Waals surface area contributed by atoms with E-state index in [0.29, 0.717) is 12.6 Å². The van der Waals surface area contributed by atoms with Crippen LogP contribution in [0.4, 0.5) is 0 Å². The van der Waals surface area contributed by atoms with Crippen molar-refractivity contribution < 1.29 is 9.13 Å². The van der Waals surface area contributed by atoms with Gasteiger partial charge >= 0.3 is 0 Å². The van der Waals surface area contributed by atoms with Gasteiger partial charge in [0.15, 0.2) is 0 Å². The SMILES string of the molecule is C=CC=C=C/C=C(\C)P(=O)(c1ccccc1)C(C)/C=C\CC1=C(C)C2(C(C=C)=C(/C=C\CP(=O)(/C(C)=C/C=C)c3ccccc3)c3ccccc32)c2ccccc21. The Morgan fingerprint density at radius 3 is 1.95 bits per heavy atom. The van der Waals surface area contributed by atoms with E-state index in [0.717, 1.165) is 37.9 Å². The van der Waals surface area contributed by atoms with E-state index >= 15 is 4.57 Å². The van der Waals surface area contributed by atoms with Crippen molar-refractivity contribution in [3.05, 3.63) is 246 Å². The quantitative estimate of drug-likeness (QED) is 0.0521. The third kappa shape index (κ3) is 7.43. The fourth-order valence-electron chi connectivity index (χ4n) is 8.69. The molecule has 2 nitrogen and oxygen atoms in total. The summed E-state index contributed by atoms with van der Waals surface area (Å²) < 4.78 is 29.8. The number of hydrogen-bond acceptors (Lipinski definition) is 2. The lowest BCUT2D eigenvalue weighted by molar-refractivity contribution is 0.581. The first kappa shape index (κ1) is 41.2. The van der Waals surface area contributed by atoms with Crippen molar-refractivity contribution in [1.82, 2.24) is 0 Å². The zero-order valence-electron chi connectivity index (χ0n) is 33.6. The Bertz CT molecular complexity index is 2550. The summed E-state index contributed by atoms with van der Waals surface area (Å²) in [5.41, 5.74) is 11.9. The molecule has 4 aromatic rings. The summed E-state index contributed by atoms with van der Waals surface area (Å²) in [6, 6.07) is 37.0. The molecule has 2 aliphatic rings. The molecule has 0 bridgehead atoms. The van der Waals surface area contributed by atoms with Gasteiger partial charge in [-0.1, -0.05) is 184 Å². The fraction of sp³-hybridized carbons (Fsp3) is 0.151. The molecule has 1 spiro atoms. The van der Waals surface area contributed by atoms with Crippen molar-refractivity contribution in [2.24, 2.45) is 0 Å². The molecule has 4 unspecified atom stereocenters. The molecule has 57 heavy (non-hydrogen) atoms. The molecule has 286 valence electrons. The van der Waals surface area contributed by atoms with E-state index in [9.17, 15) is 4.57 Å². The molecule has 2 aliphatic carbocycles. The van der Waals surface area contributed by atoms with Gasteiger partial charge in [0.2, 0.25) is 0 Å². The number of fused-ring (bicyclic) bond motifs is 4. The Morgan fingerprint density at radius 2 is 1.32 bits per heavy atom. The summed E-state index contributed by atoms with van der Waals surface area (Å²) in [4.78, 5) is 0. The second-order valence-corrected chi connectivity index (χ2v) is 21.0. The zero-order valence-corrected chi connectivity index (χ0v) is 35.4. The van der Waals surface area contributed by atoms with Crippen LogP contribution in [0.25, 0.3) is 11.1 Å². The van der Waals surface area contributed by atoms with Crippen molar-refractivity contribution in [3.8, 4) is 0 Å². The Hall–Kier alpha value is -5.48. The van der Waals surface area contributed by atoms with Gasteiger partial charge < -0.3 is 9.13 Å². The average molecular weight is 783 g/mol. The summed E-state index contributed by atoms with van der Waals surface area (Å²) in [5.74, 6) is 0. The molecule has 0 aliphatic heterocycles. The minimum absolute atomic E-state index is 0.233. The van der Waals surface area contributed by atoms with E-state index in [2.05, 4.69) is 112 Å². The van der Waals surface area contributed by atoms with Crippen LogP contribution in [-0.2, 0) is 14.5 Å². The summed E-state index contributed by atoms with van der Waals surface area (Å²) >= 11 is 0. The fourth-order valence-corrected chi connectivity index (χ4v) is 13.8. The number of rotatable bonds is 15. The minimum Gasteiger partial charge on any atom is -0.314 e. The van der Waals surface area contributed by atoms with E-state index in [4.69, 9.17) is 0 Å². The molecule has 0 radical (unpaired) electrons. The average Bonchev–Trinajstić information content (AvgIpc) is 3.67. The monoisotopic (exact) mass is 782 g/mol. The molecule has 4 atom stereocenters. The van der Waals surface area contributed by atoms with Crippen molar-refractivity contribution in [2.45, 2.75) is 45.2 Å². The molecule has 0 aromatic heterocycles. The van der Waals surface area contributed by atoms with Crippen LogP contribution >= 0.6 is 14.3 Å². The summed E-state index contributed by atoms with van der Waals surface area (Å²) in [5, 5.41) is 3.33. The molecule has 0 amide bonds. The molecule has 0 saturated heterocycles. The maximum atomic E-state index is 15.1. The molecule has 0 fully saturated rings. The third-order valence-corrected chi connectivity index (χ3v) is 18.3. The smallest absolute Gasteiger partial charge is 0.145 e. The van der Waals surface area contributed by atoms with Crippen molar-refractivity contribution in [1.29, 1.82) is 0 Å². The minimum atomic E-state index is -3.00. The third-order valence-electron chi connectivity index (χ3n) is 11.5. The van der Waals surface area contributed by atoms with Crippen molar-refractivity contribution in [2.75, 3.05) is 6.16 Å². The van der Waals surface area contributed by atoms with Gasteiger partial charge in [0.25, 0.3) is 0 Å². The van der Waals surface area contributed by atoms with Crippen molar-refractivity contribution in [3.63, 3.8) is 0 Å². The van der Waals surface area contributed by atoms with Crippen molar-refractivity contribution >= 4 is 36.0 Å². The summed E-state index contributed by atoms with van der Waals surface area (Å²) in [6.45, 7) is 20.2. The first-order valence-electron chi connectivity index (χ1n) is 19.5. The van der Waals surface area contributed by atoms with Gasteiger partial charge in [-0.2, -0.15) is 0 Å². The van der Waals surface area contributed by atoms with Crippen LogP contribution in [-0.4, -0.2) is 11.8 Å². The van der Waals surface area contributed by atoms with Gasteiger partial charge in [-0.15, -0.1) is 5.73 Å². The van der Waals surface area contributed by atoms with E-state index in [1.807, 2.05) is 98.8 Å². The van der Waals surface area contributed by atoms with Gasteiger partial charge in [-0.05, 0) is 101 Å². The zero-order chi connectivity index (χ0) is 40.6. The van der Waals surface area contributed by atoms with E-state index < -0.39 is 19.7 Å². The molecule has 0 saturated carbocycles. The molecule has 6 rings (SSSR count). The highest BCUT2D eigenvalue weighted by atomic mass is 31.2. The number of hydrogen-bond donors (Lipinski definition) is 0. The first-order chi connectivity index (χ1) is 27.6. The Balaban J connectivity index is 1.43. The molecule has 0 heterocycles. The Morgan fingerprint density at radius 1 is 0.719 bits per heavy atom. The van der Waals surface area contributed by atoms with Crippen LogP contribution in [0.15, 0.2) is 223 Å². The van der Waals surface area contributed by atoms with Gasteiger partial charge in [-0.3, -0.25) is 0 Å². The summed E-state index contributed by atoms with van der Waals surface area (Å²) in [6.07, 6.45) is 22.4. The maximum absolute atomic E-state index is 15.1. The van der Waals surface area contributed by atoms with Gasteiger partial charge in [0, 0.05) is 22.4 Å². The van der Waals surface area contributed by atoms with Gasteiger partial charge in [0.1, 0.15) is 14.3 Å².